The summed E-state index contributed by atoms with van der Waals surface area (Å²) < 4.78 is 18.9. The van der Waals surface area contributed by atoms with Crippen LogP contribution >= 0.6 is 0 Å². The van der Waals surface area contributed by atoms with E-state index in [9.17, 15) is 19.3 Å². The topological polar surface area (TPSA) is 72.7 Å². The van der Waals surface area contributed by atoms with Crippen molar-refractivity contribution < 1.29 is 18.8 Å². The predicted octanol–water partition coefficient (Wildman–Crippen LogP) is 1.98. The molecule has 0 radical (unpaired) electrons. The number of nitro groups is 1. The van der Waals surface area contributed by atoms with Gasteiger partial charge >= 0.3 is 5.69 Å². The lowest BCUT2D eigenvalue weighted by molar-refractivity contribution is -0.387. The first-order chi connectivity index (χ1) is 9.54. The highest BCUT2D eigenvalue weighted by Gasteiger charge is 2.28. The van der Waals surface area contributed by atoms with Crippen molar-refractivity contribution in [3.05, 3.63) is 39.7 Å². The molecule has 0 bridgehead atoms. The van der Waals surface area contributed by atoms with Gasteiger partial charge in [0.1, 0.15) is 0 Å². The van der Waals surface area contributed by atoms with Crippen LogP contribution in [0.2, 0.25) is 0 Å². The smallest absolute Gasteiger partial charge is 0.304 e. The molecule has 1 aromatic rings. The maximum absolute atomic E-state index is 13.6. The summed E-state index contributed by atoms with van der Waals surface area (Å²) >= 11 is 0. The van der Waals surface area contributed by atoms with Crippen molar-refractivity contribution in [3.8, 4) is 0 Å². The van der Waals surface area contributed by atoms with Crippen LogP contribution in [0.1, 0.15) is 23.7 Å². The third kappa shape index (κ3) is 2.77. The number of halogens is 1. The molecule has 1 heterocycles. The lowest BCUT2D eigenvalue weighted by Gasteiger charge is -2.35. The van der Waals surface area contributed by atoms with Crippen molar-refractivity contribution in [1.82, 2.24) is 4.90 Å². The number of nitro benzene ring substituents is 1. The highest BCUT2D eigenvalue weighted by atomic mass is 19.1. The Morgan fingerprint density at radius 3 is 2.95 bits per heavy atom. The van der Waals surface area contributed by atoms with Crippen molar-refractivity contribution in [3.63, 3.8) is 0 Å². The van der Waals surface area contributed by atoms with E-state index in [1.165, 1.54) is 6.07 Å². The lowest BCUT2D eigenvalue weighted by Crippen LogP contribution is -2.48. The third-order valence-electron chi connectivity index (χ3n) is 3.35. The number of carbonyl (C=O) groups is 1. The van der Waals surface area contributed by atoms with Gasteiger partial charge in [0, 0.05) is 18.2 Å². The van der Waals surface area contributed by atoms with Gasteiger partial charge < -0.3 is 9.64 Å². The Morgan fingerprint density at radius 1 is 1.60 bits per heavy atom. The SMILES string of the molecule is CCC1COCCN1C(=O)c1ccc([N+](=O)[O-])c(F)c1. The van der Waals surface area contributed by atoms with Crippen LogP contribution in [0.15, 0.2) is 18.2 Å². The van der Waals surface area contributed by atoms with Gasteiger partial charge in [-0.2, -0.15) is 4.39 Å². The van der Waals surface area contributed by atoms with Crippen molar-refractivity contribution >= 4 is 11.6 Å². The molecule has 20 heavy (non-hydrogen) atoms. The van der Waals surface area contributed by atoms with E-state index in [2.05, 4.69) is 0 Å². The fourth-order valence-corrected chi connectivity index (χ4v) is 2.21. The zero-order valence-corrected chi connectivity index (χ0v) is 11.0. The van der Waals surface area contributed by atoms with E-state index < -0.39 is 16.4 Å². The zero-order valence-electron chi connectivity index (χ0n) is 11.0. The molecule has 7 heteroatoms. The minimum absolute atomic E-state index is 0.0468. The number of amides is 1. The predicted molar refractivity (Wildman–Crippen MR) is 69.0 cm³/mol. The van der Waals surface area contributed by atoms with Gasteiger partial charge in [-0.3, -0.25) is 14.9 Å². The summed E-state index contributed by atoms with van der Waals surface area (Å²) in [7, 11) is 0. The summed E-state index contributed by atoms with van der Waals surface area (Å²) in [5.74, 6) is -1.32. The highest BCUT2D eigenvalue weighted by Crippen LogP contribution is 2.21. The van der Waals surface area contributed by atoms with Crippen LogP contribution in [0, 0.1) is 15.9 Å². The Hall–Kier alpha value is -2.02. The Bertz CT molecular complexity index is 535. The molecular weight excluding hydrogens is 267 g/mol. The molecule has 0 aliphatic carbocycles. The average Bonchev–Trinajstić information content (AvgIpc) is 2.45. The van der Waals surface area contributed by atoms with E-state index >= 15 is 0 Å². The van der Waals surface area contributed by atoms with E-state index in [0.29, 0.717) is 19.8 Å². The standard InChI is InChI=1S/C13H15FN2O4/c1-2-10-8-20-6-5-15(10)13(17)9-3-4-12(16(18)19)11(14)7-9/h3-4,7,10H,2,5-6,8H2,1H3. The lowest BCUT2D eigenvalue weighted by atomic mass is 10.1. The van der Waals surface area contributed by atoms with Gasteiger partial charge in [-0.15, -0.1) is 0 Å². The number of ether oxygens (including phenoxy) is 1. The maximum Gasteiger partial charge on any atom is 0.304 e. The Morgan fingerprint density at radius 2 is 2.35 bits per heavy atom. The molecule has 6 nitrogen and oxygen atoms in total. The molecule has 108 valence electrons. The molecule has 0 N–H and O–H groups in total. The van der Waals surface area contributed by atoms with E-state index in [-0.39, 0.29) is 17.5 Å². The fraction of sp³-hybridized carbons (Fsp3) is 0.462. The molecule has 2 rings (SSSR count). The number of rotatable bonds is 3. The van der Waals surface area contributed by atoms with Crippen molar-refractivity contribution in [1.29, 1.82) is 0 Å². The van der Waals surface area contributed by atoms with Gasteiger partial charge in [0.2, 0.25) is 5.82 Å². The number of nitrogens with zero attached hydrogens (tertiary/aromatic N) is 2. The van der Waals surface area contributed by atoms with Crippen LogP contribution in [0.4, 0.5) is 10.1 Å². The monoisotopic (exact) mass is 282 g/mol. The van der Waals surface area contributed by atoms with Crippen LogP contribution in [-0.4, -0.2) is 41.5 Å². The first kappa shape index (κ1) is 14.4. The Kier molecular flexibility index (Phi) is 4.29. The molecule has 1 aromatic carbocycles. The number of benzene rings is 1. The Labute approximate surface area is 115 Å². The molecule has 1 aliphatic rings. The minimum Gasteiger partial charge on any atom is -0.377 e. The third-order valence-corrected chi connectivity index (χ3v) is 3.35. The highest BCUT2D eigenvalue weighted by molar-refractivity contribution is 5.94. The molecule has 0 saturated carbocycles. The molecule has 1 saturated heterocycles. The molecule has 1 aliphatic heterocycles. The quantitative estimate of drug-likeness (QED) is 0.627. The van der Waals surface area contributed by atoms with Crippen molar-refractivity contribution in [2.45, 2.75) is 19.4 Å². The van der Waals surface area contributed by atoms with Crippen LogP contribution in [0.5, 0.6) is 0 Å². The van der Waals surface area contributed by atoms with Crippen LogP contribution in [0.3, 0.4) is 0 Å². The summed E-state index contributed by atoms with van der Waals surface area (Å²) in [4.78, 5) is 23.7. The van der Waals surface area contributed by atoms with Crippen molar-refractivity contribution in [2.75, 3.05) is 19.8 Å². The summed E-state index contributed by atoms with van der Waals surface area (Å²) in [6.45, 7) is 3.28. The largest absolute Gasteiger partial charge is 0.377 e. The zero-order chi connectivity index (χ0) is 14.7. The number of carbonyl (C=O) groups excluding carboxylic acids is 1. The maximum atomic E-state index is 13.6. The summed E-state index contributed by atoms with van der Waals surface area (Å²) in [6, 6.07) is 3.17. The average molecular weight is 282 g/mol. The minimum atomic E-state index is -0.998. The summed E-state index contributed by atoms with van der Waals surface area (Å²) in [5, 5.41) is 10.6. The number of morpholine rings is 1. The molecule has 1 atom stereocenters. The fourth-order valence-electron chi connectivity index (χ4n) is 2.21. The van der Waals surface area contributed by atoms with Gasteiger partial charge in [0.15, 0.2) is 0 Å². The molecule has 1 fully saturated rings. The van der Waals surface area contributed by atoms with Gasteiger partial charge in [0.25, 0.3) is 5.91 Å². The molecule has 1 unspecified atom stereocenters. The second-order valence-corrected chi connectivity index (χ2v) is 4.56. The van der Waals surface area contributed by atoms with Gasteiger partial charge in [-0.1, -0.05) is 6.92 Å². The van der Waals surface area contributed by atoms with E-state index in [1.807, 2.05) is 6.92 Å². The number of hydrogen-bond donors (Lipinski definition) is 0. The van der Waals surface area contributed by atoms with E-state index in [1.54, 1.807) is 4.90 Å². The second kappa shape index (κ2) is 5.96. The Balaban J connectivity index is 2.24. The second-order valence-electron chi connectivity index (χ2n) is 4.56. The molecule has 0 spiro atoms. The summed E-state index contributed by atoms with van der Waals surface area (Å²) in [6.07, 6.45) is 0.737. The van der Waals surface area contributed by atoms with E-state index in [0.717, 1.165) is 18.6 Å². The van der Waals surface area contributed by atoms with Crippen LogP contribution in [-0.2, 0) is 4.74 Å². The van der Waals surface area contributed by atoms with Gasteiger partial charge in [-0.05, 0) is 18.6 Å². The normalized spacial score (nSPS) is 18.9. The van der Waals surface area contributed by atoms with E-state index in [4.69, 9.17) is 4.74 Å². The molecule has 1 amide bonds. The van der Waals surface area contributed by atoms with Crippen LogP contribution in [0.25, 0.3) is 0 Å². The first-order valence-corrected chi connectivity index (χ1v) is 6.37. The van der Waals surface area contributed by atoms with Gasteiger partial charge in [0.05, 0.1) is 24.2 Å². The summed E-state index contributed by atoms with van der Waals surface area (Å²) in [5.41, 5.74) is -0.510. The molecule has 0 aromatic heterocycles. The van der Waals surface area contributed by atoms with Crippen molar-refractivity contribution in [2.24, 2.45) is 0 Å². The van der Waals surface area contributed by atoms with Gasteiger partial charge in [-0.25, -0.2) is 0 Å². The molecular formula is C13H15FN2O4. The number of hydrogen-bond acceptors (Lipinski definition) is 4. The van der Waals surface area contributed by atoms with Crippen LogP contribution < -0.4 is 0 Å². The first-order valence-electron chi connectivity index (χ1n) is 6.37.